The van der Waals surface area contributed by atoms with Crippen molar-refractivity contribution in [3.8, 4) is 5.75 Å². The number of fused-ring (bicyclic) bond motifs is 1. The fraction of sp³-hybridized carbons (Fsp3) is 0.429. The van der Waals surface area contributed by atoms with Gasteiger partial charge in [-0.2, -0.15) is 0 Å². The quantitative estimate of drug-likeness (QED) is 0.686. The lowest BCUT2D eigenvalue weighted by molar-refractivity contribution is -0.274. The third-order valence-corrected chi connectivity index (χ3v) is 5.69. The van der Waals surface area contributed by atoms with Crippen molar-refractivity contribution in [1.82, 2.24) is 10.2 Å². The molecule has 2 aromatic rings. The molecule has 0 radical (unpaired) electrons. The van der Waals surface area contributed by atoms with E-state index in [4.69, 9.17) is 0 Å². The first kappa shape index (κ1) is 20.1. The summed E-state index contributed by atoms with van der Waals surface area (Å²) in [6.07, 6.45) is -4.70. The van der Waals surface area contributed by atoms with Crippen molar-refractivity contribution < 1.29 is 26.7 Å². The minimum Gasteiger partial charge on any atom is -0.406 e. The molecule has 2 atom stereocenters. The van der Waals surface area contributed by atoms with Crippen molar-refractivity contribution in [3.05, 3.63) is 65.2 Å². The van der Waals surface area contributed by atoms with Crippen molar-refractivity contribution in [2.24, 2.45) is 17.8 Å². The standard InChI is InChI=1S/C21H21F5N2O/c22-15-4-5-20(23)14(7-15)10-28-11-18-17(19(18)12-28)9-27-8-13-2-1-3-16(6-13)29-21(24,25)26/h1-7,17-19,27H,8-12H2. The van der Waals surface area contributed by atoms with Crippen LogP contribution in [-0.2, 0) is 13.1 Å². The van der Waals surface area contributed by atoms with Gasteiger partial charge in [0.1, 0.15) is 17.4 Å². The summed E-state index contributed by atoms with van der Waals surface area (Å²) in [5.41, 5.74) is 1.10. The molecule has 2 unspecified atom stereocenters. The smallest absolute Gasteiger partial charge is 0.406 e. The highest BCUT2D eigenvalue weighted by Crippen LogP contribution is 2.51. The lowest BCUT2D eigenvalue weighted by atomic mass is 10.1. The average molecular weight is 412 g/mol. The van der Waals surface area contributed by atoms with E-state index < -0.39 is 12.2 Å². The molecule has 2 aromatic carbocycles. The van der Waals surface area contributed by atoms with E-state index in [0.717, 1.165) is 37.3 Å². The number of hydrogen-bond donors (Lipinski definition) is 1. The Balaban J connectivity index is 1.20. The van der Waals surface area contributed by atoms with Gasteiger partial charge in [0.25, 0.3) is 0 Å². The molecule has 1 aliphatic heterocycles. The van der Waals surface area contributed by atoms with Gasteiger partial charge in [0.2, 0.25) is 0 Å². The normalized spacial score (nSPS) is 23.8. The zero-order valence-corrected chi connectivity index (χ0v) is 15.6. The van der Waals surface area contributed by atoms with Crippen molar-refractivity contribution in [3.63, 3.8) is 0 Å². The maximum atomic E-state index is 13.8. The monoisotopic (exact) mass is 412 g/mol. The molecule has 0 aromatic heterocycles. The van der Waals surface area contributed by atoms with Gasteiger partial charge in [-0.1, -0.05) is 12.1 Å². The summed E-state index contributed by atoms with van der Waals surface area (Å²) in [6, 6.07) is 9.46. The average Bonchev–Trinajstić information content (AvgIpc) is 3.08. The van der Waals surface area contributed by atoms with Crippen LogP contribution >= 0.6 is 0 Å². The highest BCUT2D eigenvalue weighted by Gasteiger charge is 2.54. The first-order chi connectivity index (χ1) is 13.8. The largest absolute Gasteiger partial charge is 0.573 e. The Hall–Kier alpha value is -2.19. The van der Waals surface area contributed by atoms with Crippen LogP contribution in [-0.4, -0.2) is 30.9 Å². The number of piperidine rings is 1. The second-order valence-electron chi connectivity index (χ2n) is 7.75. The van der Waals surface area contributed by atoms with Gasteiger partial charge in [-0.15, -0.1) is 13.2 Å². The number of alkyl halides is 3. The second-order valence-corrected chi connectivity index (χ2v) is 7.75. The first-order valence-corrected chi connectivity index (χ1v) is 9.50. The van der Waals surface area contributed by atoms with Crippen LogP contribution in [0.3, 0.4) is 0 Å². The number of ether oxygens (including phenoxy) is 1. The molecule has 2 aliphatic rings. The number of hydrogen-bond acceptors (Lipinski definition) is 3. The van der Waals surface area contributed by atoms with Crippen LogP contribution in [0, 0.1) is 29.4 Å². The third kappa shape index (κ3) is 5.05. The van der Waals surface area contributed by atoms with E-state index in [1.54, 1.807) is 6.07 Å². The lowest BCUT2D eigenvalue weighted by Gasteiger charge is -2.20. The van der Waals surface area contributed by atoms with Crippen LogP contribution in [0.4, 0.5) is 22.0 Å². The molecular formula is C21H21F5N2O. The molecule has 4 rings (SSSR count). The minimum atomic E-state index is -4.70. The Kier molecular flexibility index (Phi) is 5.48. The first-order valence-electron chi connectivity index (χ1n) is 9.50. The fourth-order valence-corrected chi connectivity index (χ4v) is 4.31. The Morgan fingerprint density at radius 3 is 2.52 bits per heavy atom. The van der Waals surface area contributed by atoms with Crippen molar-refractivity contribution >= 4 is 0 Å². The van der Waals surface area contributed by atoms with Crippen molar-refractivity contribution in [1.29, 1.82) is 0 Å². The molecule has 0 spiro atoms. The maximum absolute atomic E-state index is 13.8. The Morgan fingerprint density at radius 2 is 1.79 bits per heavy atom. The molecule has 1 saturated heterocycles. The Labute approximate surface area is 165 Å². The van der Waals surface area contributed by atoms with E-state index in [2.05, 4.69) is 15.0 Å². The van der Waals surface area contributed by atoms with Gasteiger partial charge in [0, 0.05) is 31.7 Å². The topological polar surface area (TPSA) is 24.5 Å². The predicted molar refractivity (Wildman–Crippen MR) is 96.9 cm³/mol. The van der Waals surface area contributed by atoms with Crippen molar-refractivity contribution in [2.75, 3.05) is 19.6 Å². The van der Waals surface area contributed by atoms with Crippen LogP contribution < -0.4 is 10.1 Å². The Bertz CT molecular complexity index is 860. The predicted octanol–water partition coefficient (Wildman–Crippen LogP) is 4.33. The van der Waals surface area contributed by atoms with Gasteiger partial charge in [0.15, 0.2) is 0 Å². The number of nitrogens with zero attached hydrogens (tertiary/aromatic N) is 1. The number of rotatable bonds is 7. The van der Waals surface area contributed by atoms with Gasteiger partial charge >= 0.3 is 6.36 Å². The number of halogens is 5. The summed E-state index contributed by atoms with van der Waals surface area (Å²) < 4.78 is 67.9. The summed E-state index contributed by atoms with van der Waals surface area (Å²) in [4.78, 5) is 2.14. The van der Waals surface area contributed by atoms with Crippen molar-refractivity contribution in [2.45, 2.75) is 19.5 Å². The number of likely N-dealkylation sites (tertiary alicyclic amines) is 1. The van der Waals surface area contributed by atoms with Crippen LogP contribution in [0.25, 0.3) is 0 Å². The second kappa shape index (κ2) is 7.91. The molecule has 1 N–H and O–H groups in total. The summed E-state index contributed by atoms with van der Waals surface area (Å²) in [5.74, 6) is 0.524. The molecule has 3 nitrogen and oxygen atoms in total. The molecule has 156 valence electrons. The summed E-state index contributed by atoms with van der Waals surface area (Å²) in [5, 5.41) is 3.30. The van der Waals surface area contributed by atoms with E-state index in [-0.39, 0.29) is 11.6 Å². The molecule has 8 heteroatoms. The van der Waals surface area contributed by atoms with E-state index in [0.29, 0.717) is 36.4 Å². The van der Waals surface area contributed by atoms with Gasteiger partial charge in [-0.3, -0.25) is 4.90 Å². The molecule has 0 amide bonds. The maximum Gasteiger partial charge on any atom is 0.573 e. The van der Waals surface area contributed by atoms with E-state index in [1.807, 2.05) is 0 Å². The zero-order chi connectivity index (χ0) is 20.6. The molecule has 29 heavy (non-hydrogen) atoms. The van der Waals surface area contributed by atoms with E-state index in [9.17, 15) is 22.0 Å². The van der Waals surface area contributed by atoms with Crippen LogP contribution in [0.1, 0.15) is 11.1 Å². The van der Waals surface area contributed by atoms with Gasteiger partial charge in [-0.25, -0.2) is 8.78 Å². The van der Waals surface area contributed by atoms with Crippen LogP contribution in [0.15, 0.2) is 42.5 Å². The lowest BCUT2D eigenvalue weighted by Crippen LogP contribution is -2.27. The van der Waals surface area contributed by atoms with Gasteiger partial charge in [-0.05, 0) is 60.2 Å². The molecule has 1 saturated carbocycles. The van der Waals surface area contributed by atoms with Gasteiger partial charge < -0.3 is 10.1 Å². The van der Waals surface area contributed by atoms with E-state index in [1.165, 1.54) is 24.3 Å². The summed E-state index contributed by atoms with van der Waals surface area (Å²) >= 11 is 0. The molecule has 0 bridgehead atoms. The minimum absolute atomic E-state index is 0.222. The zero-order valence-electron chi connectivity index (χ0n) is 15.6. The summed E-state index contributed by atoms with van der Waals surface area (Å²) in [6.45, 7) is 3.34. The number of benzene rings is 2. The third-order valence-electron chi connectivity index (χ3n) is 5.69. The van der Waals surface area contributed by atoms with Gasteiger partial charge in [0.05, 0.1) is 0 Å². The molecule has 1 heterocycles. The molecule has 2 fully saturated rings. The molecule has 1 aliphatic carbocycles. The van der Waals surface area contributed by atoms with E-state index >= 15 is 0 Å². The Morgan fingerprint density at radius 1 is 1.03 bits per heavy atom. The summed E-state index contributed by atoms with van der Waals surface area (Å²) in [7, 11) is 0. The highest BCUT2D eigenvalue weighted by molar-refractivity contribution is 5.28. The fourth-order valence-electron chi connectivity index (χ4n) is 4.31. The SMILES string of the molecule is Fc1ccc(F)c(CN2CC3C(CNCc4cccc(OC(F)(F)F)c4)C3C2)c1. The molecular weight excluding hydrogens is 391 g/mol. The highest BCUT2D eigenvalue weighted by atomic mass is 19.4. The number of nitrogens with one attached hydrogen (secondary N) is 1. The van der Waals surface area contributed by atoms with Crippen LogP contribution in [0.5, 0.6) is 5.75 Å². The van der Waals surface area contributed by atoms with Crippen LogP contribution in [0.2, 0.25) is 0 Å².